The Labute approximate surface area is 239 Å². The van der Waals surface area contributed by atoms with Gasteiger partial charge in [-0.05, 0) is 30.6 Å². The molecule has 0 saturated carbocycles. The van der Waals surface area contributed by atoms with Crippen molar-refractivity contribution < 1.29 is 9.06 Å². The molecule has 0 N–H and O–H groups in total. The van der Waals surface area contributed by atoms with Gasteiger partial charge in [-0.2, -0.15) is 0 Å². The van der Waals surface area contributed by atoms with E-state index in [1.165, 1.54) is 70.8 Å². The van der Waals surface area contributed by atoms with E-state index < -0.39 is 0 Å². The monoisotopic (exact) mass is 531 g/mol. The molecule has 1 fully saturated rings. The first-order valence-corrected chi connectivity index (χ1v) is 15.6. The van der Waals surface area contributed by atoms with E-state index in [0.29, 0.717) is 29.7 Å². The highest BCUT2D eigenvalue weighted by molar-refractivity contribution is 5.83. The standard InChI is InChI=1S/C35H55N4/c1-11-39(10)20-18-36(19-21-39)22-29-23-37(34-30(25(2)3)14-12-15-31(34)26(4)5)24-38(29)35-32(27(6)7)16-13-17-33(35)28(8)9/h12-17,25-29H,11,18-23H2,1-10H3/q+1. The molecule has 214 valence electrons. The highest BCUT2D eigenvalue weighted by Crippen LogP contribution is 2.40. The second-order valence-corrected chi connectivity index (χ2v) is 13.6. The lowest BCUT2D eigenvalue weighted by Gasteiger charge is -2.42. The molecule has 0 radical (unpaired) electrons. The van der Waals surface area contributed by atoms with Gasteiger partial charge in [-0.3, -0.25) is 4.90 Å². The summed E-state index contributed by atoms with van der Waals surface area (Å²) in [5.41, 5.74) is 8.53. The van der Waals surface area contributed by atoms with Crippen LogP contribution in [-0.4, -0.2) is 79.2 Å². The van der Waals surface area contributed by atoms with Crippen LogP contribution in [0.2, 0.25) is 0 Å². The summed E-state index contributed by atoms with van der Waals surface area (Å²) in [6, 6.07) is 14.2. The van der Waals surface area contributed by atoms with E-state index in [1.54, 1.807) is 0 Å². The molecule has 1 saturated heterocycles. The first kappa shape index (κ1) is 29.8. The van der Waals surface area contributed by atoms with E-state index in [4.69, 9.17) is 0 Å². The van der Waals surface area contributed by atoms with Gasteiger partial charge >= 0.3 is 0 Å². The molecule has 4 rings (SSSR count). The minimum Gasteiger partial charge on any atom is -0.333 e. The Hall–Kier alpha value is -2.17. The summed E-state index contributed by atoms with van der Waals surface area (Å²) >= 11 is 0. The Morgan fingerprint density at radius 2 is 1.26 bits per heavy atom. The number of hydrogen-bond donors (Lipinski definition) is 0. The highest BCUT2D eigenvalue weighted by atomic mass is 15.4. The van der Waals surface area contributed by atoms with E-state index in [1.807, 2.05) is 0 Å². The van der Waals surface area contributed by atoms with Crippen LogP contribution in [0.4, 0.5) is 11.4 Å². The van der Waals surface area contributed by atoms with Gasteiger partial charge in [0.25, 0.3) is 0 Å². The first-order valence-electron chi connectivity index (χ1n) is 15.6. The number of nitrogens with zero attached hydrogens (tertiary/aromatic N) is 4. The van der Waals surface area contributed by atoms with Crippen molar-refractivity contribution >= 4 is 17.7 Å². The molecule has 0 aliphatic carbocycles. The quantitative estimate of drug-likeness (QED) is 0.189. The maximum Gasteiger partial charge on any atom is 0.206 e. The number of benzene rings is 2. The molecule has 0 spiro atoms. The van der Waals surface area contributed by atoms with Gasteiger partial charge in [0, 0.05) is 31.0 Å². The van der Waals surface area contributed by atoms with Crippen LogP contribution >= 0.6 is 0 Å². The lowest BCUT2D eigenvalue weighted by Crippen LogP contribution is -2.58. The van der Waals surface area contributed by atoms with E-state index in [9.17, 15) is 0 Å². The van der Waals surface area contributed by atoms with Crippen LogP contribution in [0.3, 0.4) is 0 Å². The lowest BCUT2D eigenvalue weighted by molar-refractivity contribution is -0.912. The van der Waals surface area contributed by atoms with Gasteiger partial charge in [0.15, 0.2) is 0 Å². The normalized spacial score (nSPS) is 20.1. The fourth-order valence-corrected chi connectivity index (χ4v) is 6.46. The molecule has 1 unspecified atom stereocenters. The Bertz CT molecular complexity index is 1100. The van der Waals surface area contributed by atoms with Crippen molar-refractivity contribution in [1.82, 2.24) is 4.90 Å². The summed E-state index contributed by atoms with van der Waals surface area (Å²) in [6.45, 7) is 29.1. The van der Waals surface area contributed by atoms with Crippen molar-refractivity contribution in [3.63, 3.8) is 0 Å². The predicted octanol–water partition coefficient (Wildman–Crippen LogP) is 7.40. The predicted molar refractivity (Wildman–Crippen MR) is 168 cm³/mol. The fraction of sp³-hybridized carbons (Fsp3) is 0.629. The zero-order valence-corrected chi connectivity index (χ0v) is 26.6. The van der Waals surface area contributed by atoms with Crippen molar-refractivity contribution in [1.29, 1.82) is 0 Å². The third-order valence-electron chi connectivity index (χ3n) is 9.33. The zero-order chi connectivity index (χ0) is 28.5. The van der Waals surface area contributed by atoms with Crippen LogP contribution in [0.15, 0.2) is 36.4 Å². The van der Waals surface area contributed by atoms with Gasteiger partial charge < -0.3 is 14.0 Å². The smallest absolute Gasteiger partial charge is 0.206 e. The molecule has 2 aliphatic heterocycles. The molecule has 4 heteroatoms. The number of anilines is 1. The largest absolute Gasteiger partial charge is 0.333 e. The molecule has 2 aromatic rings. The second kappa shape index (κ2) is 12.1. The number of piperazine rings is 1. The SMILES string of the molecule is CC[N+]1(C)CCN(CC2CN(c3c(C(C)C)cccc3C(C)C)[C-]=[N+]2c2c(C(C)C)cccc2C(C)C)CC1. The molecule has 4 nitrogen and oxygen atoms in total. The van der Waals surface area contributed by atoms with Crippen LogP contribution in [0.5, 0.6) is 0 Å². The molecule has 2 heterocycles. The summed E-state index contributed by atoms with van der Waals surface area (Å²) in [5.74, 6) is 1.85. The Morgan fingerprint density at radius 1 is 0.795 bits per heavy atom. The fourth-order valence-electron chi connectivity index (χ4n) is 6.46. The van der Waals surface area contributed by atoms with Crippen molar-refractivity contribution in [2.45, 2.75) is 92.0 Å². The second-order valence-electron chi connectivity index (χ2n) is 13.6. The van der Waals surface area contributed by atoms with Crippen molar-refractivity contribution in [3.05, 3.63) is 58.7 Å². The highest BCUT2D eigenvalue weighted by Gasteiger charge is 2.36. The van der Waals surface area contributed by atoms with Gasteiger partial charge in [-0.1, -0.05) is 114 Å². The Kier molecular flexibility index (Phi) is 9.28. The van der Waals surface area contributed by atoms with Crippen LogP contribution in [-0.2, 0) is 0 Å². The van der Waals surface area contributed by atoms with E-state index in [2.05, 4.69) is 126 Å². The average molecular weight is 532 g/mol. The van der Waals surface area contributed by atoms with E-state index in [0.717, 1.165) is 13.1 Å². The summed E-state index contributed by atoms with van der Waals surface area (Å²) in [5, 5.41) is 0. The number of likely N-dealkylation sites (N-methyl/N-ethyl adjacent to an activating group) is 1. The van der Waals surface area contributed by atoms with Crippen molar-refractivity contribution in [3.8, 4) is 0 Å². The zero-order valence-electron chi connectivity index (χ0n) is 26.6. The third kappa shape index (κ3) is 6.28. The summed E-state index contributed by atoms with van der Waals surface area (Å²) in [6.07, 6.45) is 4.01. The summed E-state index contributed by atoms with van der Waals surface area (Å²) in [4.78, 5) is 5.22. The van der Waals surface area contributed by atoms with Crippen LogP contribution < -0.4 is 4.90 Å². The third-order valence-corrected chi connectivity index (χ3v) is 9.33. The minimum atomic E-state index is 0.362. The topological polar surface area (TPSA) is 9.49 Å². The molecule has 39 heavy (non-hydrogen) atoms. The van der Waals surface area contributed by atoms with Crippen LogP contribution in [0.1, 0.15) is 108 Å². The summed E-state index contributed by atoms with van der Waals surface area (Å²) < 4.78 is 3.76. The average Bonchev–Trinajstić information content (AvgIpc) is 3.31. The molecule has 2 aliphatic rings. The molecule has 0 aromatic heterocycles. The number of rotatable bonds is 9. The molecule has 1 atom stereocenters. The minimum absolute atomic E-state index is 0.362. The lowest BCUT2D eigenvalue weighted by atomic mass is 9.91. The van der Waals surface area contributed by atoms with Gasteiger partial charge in [0.1, 0.15) is 12.6 Å². The Morgan fingerprint density at radius 3 is 1.69 bits per heavy atom. The van der Waals surface area contributed by atoms with Gasteiger partial charge in [0.2, 0.25) is 6.34 Å². The van der Waals surface area contributed by atoms with Gasteiger partial charge in [-0.25, -0.2) is 0 Å². The number of para-hydroxylation sites is 2. The summed E-state index contributed by atoms with van der Waals surface area (Å²) in [7, 11) is 2.42. The first-order chi connectivity index (χ1) is 18.5. The maximum atomic E-state index is 4.01. The van der Waals surface area contributed by atoms with Crippen molar-refractivity contribution in [2.24, 2.45) is 0 Å². The molecule has 2 aromatic carbocycles. The maximum absolute atomic E-state index is 4.01. The molecular weight excluding hydrogens is 476 g/mol. The number of hydrogen-bond acceptors (Lipinski definition) is 2. The molecule has 0 amide bonds. The molecule has 0 bridgehead atoms. The number of quaternary nitrogens is 1. The van der Waals surface area contributed by atoms with E-state index in [-0.39, 0.29) is 0 Å². The van der Waals surface area contributed by atoms with Crippen LogP contribution in [0.25, 0.3) is 0 Å². The van der Waals surface area contributed by atoms with Crippen LogP contribution in [0, 0.1) is 0 Å². The van der Waals surface area contributed by atoms with Crippen molar-refractivity contribution in [2.75, 3.05) is 57.8 Å². The van der Waals surface area contributed by atoms with Gasteiger partial charge in [-0.15, -0.1) is 0 Å². The van der Waals surface area contributed by atoms with Gasteiger partial charge in [0.05, 0.1) is 26.7 Å². The molecular formula is C35H55N4+. The Balaban J connectivity index is 1.83. The van der Waals surface area contributed by atoms with E-state index >= 15 is 0 Å².